The van der Waals surface area contributed by atoms with Gasteiger partial charge in [0, 0.05) is 15.9 Å². The number of nitrogens with zero attached hydrogens (tertiary/aromatic N) is 2. The van der Waals surface area contributed by atoms with Crippen molar-refractivity contribution in [2.24, 2.45) is 0 Å². The molecule has 1 aromatic heterocycles. The van der Waals surface area contributed by atoms with E-state index in [1.165, 1.54) is 0 Å². The summed E-state index contributed by atoms with van der Waals surface area (Å²) in [4.78, 5) is 24.8. The number of benzene rings is 1. The maximum atomic E-state index is 12.7. The third-order valence-electron chi connectivity index (χ3n) is 3.84. The van der Waals surface area contributed by atoms with Gasteiger partial charge in [-0.05, 0) is 38.5 Å². The number of aromatic nitrogens is 2. The molecule has 6 nitrogen and oxygen atoms in total. The van der Waals surface area contributed by atoms with Gasteiger partial charge in [0.2, 0.25) is 11.3 Å². The number of hydrogen-bond donors (Lipinski definition) is 2. The number of halogens is 1. The fourth-order valence-electron chi connectivity index (χ4n) is 2.49. The van der Waals surface area contributed by atoms with Crippen molar-refractivity contribution >= 4 is 32.7 Å². The lowest BCUT2D eigenvalue weighted by atomic mass is 10.1. The molecule has 0 saturated heterocycles. The van der Waals surface area contributed by atoms with Crippen molar-refractivity contribution in [1.29, 1.82) is 0 Å². The Morgan fingerprint density at radius 2 is 2.12 bits per heavy atom. The number of aliphatic hydroxyl groups excluding tert-OH is 1. The highest BCUT2D eigenvalue weighted by Crippen LogP contribution is 2.20. The minimum atomic E-state index is -0.313. The predicted octanol–water partition coefficient (Wildman–Crippen LogP) is 2.17. The summed E-state index contributed by atoms with van der Waals surface area (Å²) in [6, 6.07) is 5.14. The van der Waals surface area contributed by atoms with Gasteiger partial charge >= 0.3 is 0 Å². The highest BCUT2D eigenvalue weighted by molar-refractivity contribution is 9.10. The molecule has 0 aliphatic heterocycles. The van der Waals surface area contributed by atoms with Crippen LogP contribution < -0.4 is 10.7 Å². The average Bonchev–Trinajstić information content (AvgIpc) is 2.54. The molecule has 1 unspecified atom stereocenters. The van der Waals surface area contributed by atoms with Gasteiger partial charge in [-0.25, -0.2) is 0 Å². The Morgan fingerprint density at radius 3 is 2.71 bits per heavy atom. The van der Waals surface area contributed by atoms with Crippen LogP contribution in [0.25, 0.3) is 10.9 Å². The number of nitrogens with one attached hydrogen (secondary N) is 1. The minimum Gasteiger partial charge on any atom is -0.394 e. The first-order chi connectivity index (χ1) is 11.4. The Kier molecular flexibility index (Phi) is 6.12. The highest BCUT2D eigenvalue weighted by atomic mass is 79.9. The van der Waals surface area contributed by atoms with E-state index >= 15 is 0 Å². The van der Waals surface area contributed by atoms with Crippen molar-refractivity contribution in [2.45, 2.75) is 45.7 Å². The molecule has 0 spiro atoms. The number of rotatable bonds is 6. The zero-order valence-electron chi connectivity index (χ0n) is 14.0. The van der Waals surface area contributed by atoms with E-state index in [0.717, 1.165) is 9.99 Å². The summed E-state index contributed by atoms with van der Waals surface area (Å²) in [5.74, 6) is -0.313. The lowest BCUT2D eigenvalue weighted by molar-refractivity contribution is -0.121. The van der Waals surface area contributed by atoms with Gasteiger partial charge in [0.15, 0.2) is 0 Å². The molecule has 1 amide bonds. The second-order valence-corrected chi connectivity index (χ2v) is 6.92. The summed E-state index contributed by atoms with van der Waals surface area (Å²) < 4.78 is 2.62. The SMILES string of the molecule is CCC(CO)NC(=O)Cc1nn(C(C)C)c2cc(Br)ccc2c1=O. The maximum absolute atomic E-state index is 12.7. The van der Waals surface area contributed by atoms with E-state index in [0.29, 0.717) is 11.8 Å². The molecule has 1 aromatic carbocycles. The summed E-state index contributed by atoms with van der Waals surface area (Å²) >= 11 is 3.41. The lowest BCUT2D eigenvalue weighted by Gasteiger charge is -2.17. The van der Waals surface area contributed by atoms with Gasteiger partial charge in [-0.2, -0.15) is 5.10 Å². The minimum absolute atomic E-state index is 0.0463. The van der Waals surface area contributed by atoms with Crippen LogP contribution in [-0.2, 0) is 11.2 Å². The summed E-state index contributed by atoms with van der Waals surface area (Å²) in [6.07, 6.45) is 0.520. The number of carbonyl (C=O) groups excluding carboxylic acids is 1. The molecule has 0 saturated carbocycles. The Labute approximate surface area is 149 Å². The van der Waals surface area contributed by atoms with E-state index in [-0.39, 0.29) is 42.1 Å². The molecule has 0 bridgehead atoms. The van der Waals surface area contributed by atoms with Crippen LogP contribution >= 0.6 is 15.9 Å². The third-order valence-corrected chi connectivity index (χ3v) is 4.33. The summed E-state index contributed by atoms with van der Waals surface area (Å²) in [6.45, 7) is 5.69. The quantitative estimate of drug-likeness (QED) is 0.784. The fourth-order valence-corrected chi connectivity index (χ4v) is 2.84. The fraction of sp³-hybridized carbons (Fsp3) is 0.471. The molecule has 24 heavy (non-hydrogen) atoms. The number of aliphatic hydroxyl groups is 1. The summed E-state index contributed by atoms with van der Waals surface area (Å²) in [5, 5.41) is 16.8. The lowest BCUT2D eigenvalue weighted by Crippen LogP contribution is -2.39. The molecule has 1 heterocycles. The molecule has 2 aromatic rings. The third kappa shape index (κ3) is 4.02. The Morgan fingerprint density at radius 1 is 1.42 bits per heavy atom. The molecule has 1 atom stereocenters. The van der Waals surface area contributed by atoms with Crippen molar-refractivity contribution in [1.82, 2.24) is 15.1 Å². The van der Waals surface area contributed by atoms with Gasteiger partial charge < -0.3 is 10.4 Å². The molecule has 7 heteroatoms. The van der Waals surface area contributed by atoms with Crippen LogP contribution in [0.15, 0.2) is 27.5 Å². The molecule has 0 radical (unpaired) electrons. The van der Waals surface area contributed by atoms with Crippen LogP contribution in [0.3, 0.4) is 0 Å². The standard InChI is InChI=1S/C17H22BrN3O3/c1-4-12(9-22)19-16(23)8-14-17(24)13-6-5-11(18)7-15(13)21(20-14)10(2)3/h5-7,10,12,22H,4,8-9H2,1-3H3,(H,19,23). The summed E-state index contributed by atoms with van der Waals surface area (Å²) in [5.41, 5.74) is 0.709. The molecule has 0 aliphatic carbocycles. The van der Waals surface area contributed by atoms with Gasteiger partial charge in [-0.1, -0.05) is 22.9 Å². The predicted molar refractivity (Wildman–Crippen MR) is 97.1 cm³/mol. The van der Waals surface area contributed by atoms with E-state index in [2.05, 4.69) is 26.3 Å². The van der Waals surface area contributed by atoms with Crippen LogP contribution in [-0.4, -0.2) is 33.4 Å². The second kappa shape index (κ2) is 7.90. The largest absolute Gasteiger partial charge is 0.394 e. The second-order valence-electron chi connectivity index (χ2n) is 6.01. The van der Waals surface area contributed by atoms with Crippen molar-refractivity contribution in [3.63, 3.8) is 0 Å². The smallest absolute Gasteiger partial charge is 0.226 e. The van der Waals surface area contributed by atoms with Crippen LogP contribution in [0.1, 0.15) is 38.9 Å². The molecular weight excluding hydrogens is 374 g/mol. The van der Waals surface area contributed by atoms with Gasteiger partial charge in [0.05, 0.1) is 24.6 Å². The molecule has 0 aliphatic rings. The van der Waals surface area contributed by atoms with Crippen molar-refractivity contribution in [2.75, 3.05) is 6.61 Å². The summed E-state index contributed by atoms with van der Waals surface area (Å²) in [7, 11) is 0. The molecule has 2 N–H and O–H groups in total. The van der Waals surface area contributed by atoms with Crippen LogP contribution in [0.4, 0.5) is 0 Å². The van der Waals surface area contributed by atoms with Gasteiger partial charge in [-0.15, -0.1) is 0 Å². The van der Waals surface area contributed by atoms with E-state index in [1.54, 1.807) is 16.8 Å². The van der Waals surface area contributed by atoms with Crippen molar-refractivity contribution < 1.29 is 9.90 Å². The molecular formula is C17H22BrN3O3. The number of carbonyl (C=O) groups is 1. The Hall–Kier alpha value is -1.73. The van der Waals surface area contributed by atoms with Crippen molar-refractivity contribution in [3.05, 3.63) is 38.6 Å². The first kappa shape index (κ1) is 18.6. The van der Waals surface area contributed by atoms with Gasteiger partial charge in [0.1, 0.15) is 5.69 Å². The first-order valence-corrected chi connectivity index (χ1v) is 8.77. The van der Waals surface area contributed by atoms with Crippen LogP contribution in [0, 0.1) is 0 Å². The molecule has 2 rings (SSSR count). The van der Waals surface area contributed by atoms with Gasteiger partial charge in [-0.3, -0.25) is 14.3 Å². The van der Waals surface area contributed by atoms with E-state index in [1.807, 2.05) is 26.8 Å². The zero-order valence-corrected chi connectivity index (χ0v) is 15.6. The van der Waals surface area contributed by atoms with Crippen molar-refractivity contribution in [3.8, 4) is 0 Å². The average molecular weight is 396 g/mol. The number of hydrogen-bond acceptors (Lipinski definition) is 4. The van der Waals surface area contributed by atoms with E-state index in [9.17, 15) is 14.7 Å². The highest BCUT2D eigenvalue weighted by Gasteiger charge is 2.17. The number of fused-ring (bicyclic) bond motifs is 1. The maximum Gasteiger partial charge on any atom is 0.226 e. The van der Waals surface area contributed by atoms with E-state index < -0.39 is 0 Å². The van der Waals surface area contributed by atoms with Gasteiger partial charge in [0.25, 0.3) is 0 Å². The van der Waals surface area contributed by atoms with Crippen LogP contribution in [0.5, 0.6) is 0 Å². The normalized spacial score (nSPS) is 12.6. The Balaban J connectivity index is 2.44. The molecule has 130 valence electrons. The van der Waals surface area contributed by atoms with E-state index in [4.69, 9.17) is 0 Å². The number of amides is 1. The zero-order chi connectivity index (χ0) is 17.9. The molecule has 0 fully saturated rings. The topological polar surface area (TPSA) is 84.2 Å². The monoisotopic (exact) mass is 395 g/mol. The van der Waals surface area contributed by atoms with Crippen LogP contribution in [0.2, 0.25) is 0 Å². The first-order valence-electron chi connectivity index (χ1n) is 7.98. The Bertz CT molecular complexity index is 798.